The van der Waals surface area contributed by atoms with Gasteiger partial charge in [-0.2, -0.15) is 4.31 Å². The van der Waals surface area contributed by atoms with E-state index >= 15 is 0 Å². The fraction of sp³-hybridized carbons (Fsp3) is 0.300. The van der Waals surface area contributed by atoms with Crippen molar-refractivity contribution in [3.05, 3.63) is 58.9 Å². The molecule has 3 aromatic rings. The molecule has 9 heteroatoms. The van der Waals surface area contributed by atoms with Crippen LogP contribution in [0.5, 0.6) is 0 Å². The quantitative estimate of drug-likeness (QED) is 0.579. The van der Waals surface area contributed by atoms with Crippen molar-refractivity contribution >= 4 is 38.7 Å². The molecule has 0 N–H and O–H groups in total. The summed E-state index contributed by atoms with van der Waals surface area (Å²) >= 11 is 6.20. The van der Waals surface area contributed by atoms with Crippen molar-refractivity contribution in [1.29, 1.82) is 0 Å². The number of methoxy groups -OCH3 is 1. The number of oxazole rings is 1. The van der Waals surface area contributed by atoms with Gasteiger partial charge in [-0.05, 0) is 43.2 Å². The van der Waals surface area contributed by atoms with E-state index in [0.29, 0.717) is 24.4 Å². The molecule has 1 aliphatic heterocycles. The molecule has 1 atom stereocenters. The highest BCUT2D eigenvalue weighted by molar-refractivity contribution is 7.89. The highest BCUT2D eigenvalue weighted by Gasteiger charge is 2.34. The Morgan fingerprint density at radius 1 is 1.28 bits per heavy atom. The van der Waals surface area contributed by atoms with Gasteiger partial charge in [0.25, 0.3) is 0 Å². The second kappa shape index (κ2) is 7.78. The fourth-order valence-corrected chi connectivity index (χ4v) is 5.56. The van der Waals surface area contributed by atoms with Gasteiger partial charge in [-0.3, -0.25) is 0 Å². The predicted octanol–water partition coefficient (Wildman–Crippen LogP) is 3.84. The van der Waals surface area contributed by atoms with Crippen molar-refractivity contribution in [3.63, 3.8) is 0 Å². The minimum Gasteiger partial charge on any atom is -0.465 e. The van der Waals surface area contributed by atoms with Gasteiger partial charge in [0.15, 0.2) is 11.5 Å². The number of ether oxygens (including phenoxy) is 1. The molecular weight excluding hydrogens is 416 g/mol. The smallest absolute Gasteiger partial charge is 0.337 e. The van der Waals surface area contributed by atoms with E-state index in [4.69, 9.17) is 16.0 Å². The number of rotatable bonds is 4. The third-order valence-corrected chi connectivity index (χ3v) is 7.36. The van der Waals surface area contributed by atoms with E-state index in [1.54, 1.807) is 0 Å². The van der Waals surface area contributed by atoms with Crippen molar-refractivity contribution in [2.45, 2.75) is 23.7 Å². The topological polar surface area (TPSA) is 89.7 Å². The molecule has 152 valence electrons. The van der Waals surface area contributed by atoms with Crippen LogP contribution in [0.4, 0.5) is 0 Å². The summed E-state index contributed by atoms with van der Waals surface area (Å²) in [6.45, 7) is 0.637. The molecule has 0 bridgehead atoms. The van der Waals surface area contributed by atoms with Crippen LogP contribution in [0.15, 0.2) is 51.8 Å². The summed E-state index contributed by atoms with van der Waals surface area (Å²) < 4.78 is 38.3. The molecule has 1 unspecified atom stereocenters. The van der Waals surface area contributed by atoms with Gasteiger partial charge >= 0.3 is 5.97 Å². The largest absolute Gasteiger partial charge is 0.465 e. The number of hydrogen-bond donors (Lipinski definition) is 0. The zero-order chi connectivity index (χ0) is 20.6. The molecule has 0 spiro atoms. The Morgan fingerprint density at radius 3 is 2.79 bits per heavy atom. The minimum atomic E-state index is -3.83. The highest BCUT2D eigenvalue weighted by Crippen LogP contribution is 2.33. The molecule has 0 amide bonds. The van der Waals surface area contributed by atoms with Crippen LogP contribution in [0.1, 0.15) is 35.0 Å². The van der Waals surface area contributed by atoms with Crippen LogP contribution in [0.3, 0.4) is 0 Å². The Balaban J connectivity index is 1.61. The third-order valence-electron chi connectivity index (χ3n) is 5.01. The average molecular weight is 435 g/mol. The van der Waals surface area contributed by atoms with Crippen molar-refractivity contribution in [1.82, 2.24) is 9.29 Å². The van der Waals surface area contributed by atoms with Crippen molar-refractivity contribution in [2.24, 2.45) is 0 Å². The first kappa shape index (κ1) is 19.9. The maximum absolute atomic E-state index is 13.2. The number of piperidine rings is 1. The number of benzene rings is 2. The van der Waals surface area contributed by atoms with Gasteiger partial charge in [0, 0.05) is 19.0 Å². The van der Waals surface area contributed by atoms with Crippen LogP contribution in [-0.2, 0) is 14.8 Å². The first-order valence-electron chi connectivity index (χ1n) is 9.13. The average Bonchev–Trinajstić information content (AvgIpc) is 3.17. The summed E-state index contributed by atoms with van der Waals surface area (Å²) in [6, 6.07) is 11.5. The number of para-hydroxylation sites is 2. The molecular formula is C20H19ClN2O5S. The molecule has 7 nitrogen and oxygen atoms in total. The molecule has 1 fully saturated rings. The first-order valence-corrected chi connectivity index (χ1v) is 11.0. The SMILES string of the molecule is COC(=O)c1ccc(S(=O)(=O)N2CCCC(c3nc4ccccc4o3)C2)c(Cl)c1. The summed E-state index contributed by atoms with van der Waals surface area (Å²) in [4.78, 5) is 16.1. The summed E-state index contributed by atoms with van der Waals surface area (Å²) in [5.74, 6) is -0.179. The van der Waals surface area contributed by atoms with Gasteiger partial charge in [-0.15, -0.1) is 0 Å². The van der Waals surface area contributed by atoms with Crippen molar-refractivity contribution in [2.75, 3.05) is 20.2 Å². The number of aromatic nitrogens is 1. The lowest BCUT2D eigenvalue weighted by atomic mass is 10.00. The van der Waals surface area contributed by atoms with E-state index in [-0.39, 0.29) is 27.9 Å². The molecule has 29 heavy (non-hydrogen) atoms. The zero-order valence-corrected chi connectivity index (χ0v) is 17.2. The van der Waals surface area contributed by atoms with Crippen LogP contribution in [0, 0.1) is 0 Å². The Labute approximate surface area is 173 Å². The predicted molar refractivity (Wildman–Crippen MR) is 108 cm³/mol. The van der Waals surface area contributed by atoms with Crippen LogP contribution in [0.25, 0.3) is 11.1 Å². The number of carbonyl (C=O) groups is 1. The molecule has 1 saturated heterocycles. The van der Waals surface area contributed by atoms with E-state index in [9.17, 15) is 13.2 Å². The Bertz CT molecular complexity index is 1140. The number of sulfonamides is 1. The number of nitrogens with zero attached hydrogens (tertiary/aromatic N) is 2. The van der Waals surface area contributed by atoms with Gasteiger partial charge in [0.1, 0.15) is 10.4 Å². The Hall–Kier alpha value is -2.42. The monoisotopic (exact) mass is 434 g/mol. The Kier molecular flexibility index (Phi) is 5.33. The first-order chi connectivity index (χ1) is 13.9. The molecule has 4 rings (SSSR count). The maximum atomic E-state index is 13.2. The van der Waals surface area contributed by atoms with E-state index < -0.39 is 16.0 Å². The maximum Gasteiger partial charge on any atom is 0.337 e. The van der Waals surface area contributed by atoms with Crippen molar-refractivity contribution in [3.8, 4) is 0 Å². The molecule has 1 aliphatic rings. The van der Waals surface area contributed by atoms with Crippen LogP contribution < -0.4 is 0 Å². The Morgan fingerprint density at radius 2 is 2.07 bits per heavy atom. The molecule has 0 aliphatic carbocycles. The van der Waals surface area contributed by atoms with E-state index in [2.05, 4.69) is 9.72 Å². The van der Waals surface area contributed by atoms with E-state index in [0.717, 1.165) is 11.9 Å². The van der Waals surface area contributed by atoms with Gasteiger partial charge in [-0.1, -0.05) is 23.7 Å². The lowest BCUT2D eigenvalue weighted by Crippen LogP contribution is -2.39. The van der Waals surface area contributed by atoms with Gasteiger partial charge in [0.05, 0.1) is 17.7 Å². The van der Waals surface area contributed by atoms with Gasteiger partial charge in [-0.25, -0.2) is 18.2 Å². The third kappa shape index (κ3) is 3.75. The minimum absolute atomic E-state index is 0.0168. The number of carbonyl (C=O) groups excluding carboxylic acids is 1. The summed E-state index contributed by atoms with van der Waals surface area (Å²) in [7, 11) is -2.58. The summed E-state index contributed by atoms with van der Waals surface area (Å²) in [5.41, 5.74) is 1.63. The molecule has 0 saturated carbocycles. The van der Waals surface area contributed by atoms with Crippen LogP contribution >= 0.6 is 11.6 Å². The standard InChI is InChI=1S/C20H19ClN2O5S/c1-27-20(24)13-8-9-18(15(21)11-13)29(25,26)23-10-4-5-14(12-23)19-22-16-6-2-3-7-17(16)28-19/h2-3,6-9,11,14H,4-5,10,12H2,1H3. The molecule has 1 aromatic heterocycles. The van der Waals surface area contributed by atoms with E-state index in [1.165, 1.54) is 29.6 Å². The molecule has 0 radical (unpaired) electrons. The zero-order valence-electron chi connectivity index (χ0n) is 15.7. The lowest BCUT2D eigenvalue weighted by molar-refractivity contribution is 0.0600. The highest BCUT2D eigenvalue weighted by atomic mass is 35.5. The second-order valence-corrected chi connectivity index (χ2v) is 9.17. The molecule has 2 aromatic carbocycles. The summed E-state index contributed by atoms with van der Waals surface area (Å²) in [5, 5.41) is -0.0168. The summed E-state index contributed by atoms with van der Waals surface area (Å²) in [6.07, 6.45) is 1.47. The van der Waals surface area contributed by atoms with Gasteiger partial charge in [0.2, 0.25) is 10.0 Å². The van der Waals surface area contributed by atoms with Crippen molar-refractivity contribution < 1.29 is 22.4 Å². The van der Waals surface area contributed by atoms with E-state index in [1.807, 2.05) is 24.3 Å². The number of hydrogen-bond acceptors (Lipinski definition) is 6. The van der Waals surface area contributed by atoms with Crippen LogP contribution in [0.2, 0.25) is 5.02 Å². The lowest BCUT2D eigenvalue weighted by Gasteiger charge is -2.30. The number of fused-ring (bicyclic) bond motifs is 1. The second-order valence-electron chi connectivity index (χ2n) is 6.86. The number of halogens is 1. The fourth-order valence-electron chi connectivity index (χ4n) is 3.52. The molecule has 2 heterocycles. The normalized spacial score (nSPS) is 18.1. The van der Waals surface area contributed by atoms with Gasteiger partial charge < -0.3 is 9.15 Å². The number of esters is 1. The van der Waals surface area contributed by atoms with Crippen LogP contribution in [-0.4, -0.2) is 43.9 Å².